The molecule has 0 bridgehead atoms. The second kappa shape index (κ2) is 6.40. The summed E-state index contributed by atoms with van der Waals surface area (Å²) in [5, 5.41) is 4.75. The minimum absolute atomic E-state index is 0.198. The number of thiophene rings is 1. The Bertz CT molecular complexity index is 1010. The number of halogens is 1. The normalized spacial score (nSPS) is 13.0. The van der Waals surface area contributed by atoms with E-state index in [1.165, 1.54) is 17.4 Å². The summed E-state index contributed by atoms with van der Waals surface area (Å²) in [7, 11) is 0. The highest BCUT2D eigenvalue weighted by Crippen LogP contribution is 2.34. The van der Waals surface area contributed by atoms with Gasteiger partial charge in [0.15, 0.2) is 0 Å². The maximum absolute atomic E-state index is 12.6. The van der Waals surface area contributed by atoms with Gasteiger partial charge in [0, 0.05) is 5.69 Å². The summed E-state index contributed by atoms with van der Waals surface area (Å²) in [4.78, 5) is 38.9. The minimum atomic E-state index is -0.414. The molecule has 128 valence electrons. The zero-order valence-corrected chi connectivity index (χ0v) is 14.8. The zero-order chi connectivity index (χ0) is 18.3. The topological polar surface area (TPSA) is 66.5 Å². The lowest BCUT2D eigenvalue weighted by Gasteiger charge is -2.16. The van der Waals surface area contributed by atoms with E-state index in [-0.39, 0.29) is 16.6 Å². The van der Waals surface area contributed by atoms with Gasteiger partial charge in [0.05, 0.1) is 26.7 Å². The van der Waals surface area contributed by atoms with E-state index in [9.17, 15) is 14.4 Å². The fourth-order valence-electron chi connectivity index (χ4n) is 2.77. The van der Waals surface area contributed by atoms with Gasteiger partial charge >= 0.3 is 0 Å². The molecule has 0 radical (unpaired) electrons. The Morgan fingerprint density at radius 2 is 1.65 bits per heavy atom. The second-order valence-electron chi connectivity index (χ2n) is 5.59. The fourth-order valence-corrected chi connectivity index (χ4v) is 3.66. The van der Waals surface area contributed by atoms with Gasteiger partial charge in [0.2, 0.25) is 0 Å². The summed E-state index contributed by atoms with van der Waals surface area (Å²) >= 11 is 7.63. The second-order valence-corrected chi connectivity index (χ2v) is 6.94. The molecule has 1 aliphatic heterocycles. The predicted molar refractivity (Wildman–Crippen MR) is 101 cm³/mol. The highest BCUT2D eigenvalue weighted by molar-refractivity contribution is 7.12. The number of nitrogens with zero attached hydrogens (tertiary/aromatic N) is 1. The number of carbonyl (C=O) groups is 3. The number of hydrogen-bond donors (Lipinski definition) is 1. The SMILES string of the molecule is O=C(Nc1ccc(N2C(=O)c3ccccc3C2=O)c(Cl)c1)c1cccs1. The third-order valence-corrected chi connectivity index (χ3v) is 5.16. The van der Waals surface area contributed by atoms with Crippen molar-refractivity contribution in [2.45, 2.75) is 0 Å². The molecule has 1 aromatic heterocycles. The van der Waals surface area contributed by atoms with Crippen molar-refractivity contribution in [3.8, 4) is 0 Å². The molecular formula is C19H11ClN2O3S. The van der Waals surface area contributed by atoms with Gasteiger partial charge < -0.3 is 5.32 Å². The molecule has 0 spiro atoms. The van der Waals surface area contributed by atoms with Crippen molar-refractivity contribution in [1.29, 1.82) is 0 Å². The average Bonchev–Trinajstić information content (AvgIpc) is 3.25. The van der Waals surface area contributed by atoms with E-state index in [2.05, 4.69) is 5.32 Å². The highest BCUT2D eigenvalue weighted by Gasteiger charge is 2.37. The van der Waals surface area contributed by atoms with Crippen LogP contribution in [0.25, 0.3) is 0 Å². The smallest absolute Gasteiger partial charge is 0.266 e. The molecular weight excluding hydrogens is 372 g/mol. The molecule has 3 aromatic rings. The highest BCUT2D eigenvalue weighted by atomic mass is 35.5. The van der Waals surface area contributed by atoms with Crippen molar-refractivity contribution in [3.63, 3.8) is 0 Å². The van der Waals surface area contributed by atoms with Crippen molar-refractivity contribution in [2.75, 3.05) is 10.2 Å². The number of rotatable bonds is 3. The van der Waals surface area contributed by atoms with Gasteiger partial charge in [-0.1, -0.05) is 29.8 Å². The van der Waals surface area contributed by atoms with Gasteiger partial charge in [-0.05, 0) is 41.8 Å². The molecule has 0 fully saturated rings. The van der Waals surface area contributed by atoms with Crippen molar-refractivity contribution in [1.82, 2.24) is 0 Å². The molecule has 0 aliphatic carbocycles. The fraction of sp³-hybridized carbons (Fsp3) is 0. The molecule has 0 atom stereocenters. The van der Waals surface area contributed by atoms with Gasteiger partial charge in [-0.2, -0.15) is 0 Å². The van der Waals surface area contributed by atoms with Crippen LogP contribution >= 0.6 is 22.9 Å². The summed E-state index contributed by atoms with van der Waals surface area (Å²) in [6.45, 7) is 0. The molecule has 1 N–H and O–H groups in total. The maximum atomic E-state index is 12.6. The van der Waals surface area contributed by atoms with Crippen LogP contribution in [0.4, 0.5) is 11.4 Å². The van der Waals surface area contributed by atoms with E-state index in [1.54, 1.807) is 48.5 Å². The van der Waals surface area contributed by atoms with Crippen LogP contribution in [0, 0.1) is 0 Å². The molecule has 3 amide bonds. The molecule has 0 unspecified atom stereocenters. The lowest BCUT2D eigenvalue weighted by Crippen LogP contribution is -2.29. The van der Waals surface area contributed by atoms with Crippen molar-refractivity contribution in [2.24, 2.45) is 0 Å². The summed E-state index contributed by atoms with van der Waals surface area (Å²) < 4.78 is 0. The largest absolute Gasteiger partial charge is 0.321 e. The average molecular weight is 383 g/mol. The van der Waals surface area contributed by atoms with E-state index >= 15 is 0 Å². The van der Waals surface area contributed by atoms with Gasteiger partial charge in [-0.3, -0.25) is 14.4 Å². The molecule has 4 rings (SSSR count). The summed E-state index contributed by atoms with van der Waals surface area (Å²) in [5.41, 5.74) is 1.47. The summed E-state index contributed by atoms with van der Waals surface area (Å²) in [5.74, 6) is -1.07. The number of hydrogen-bond acceptors (Lipinski definition) is 4. The Balaban J connectivity index is 1.62. The number of benzene rings is 2. The third kappa shape index (κ3) is 2.69. The van der Waals surface area contributed by atoms with Crippen LogP contribution in [0.1, 0.15) is 30.4 Å². The monoisotopic (exact) mass is 382 g/mol. The van der Waals surface area contributed by atoms with Gasteiger partial charge in [-0.25, -0.2) is 4.90 Å². The molecule has 1 aliphatic rings. The number of nitrogens with one attached hydrogen (secondary N) is 1. The number of imide groups is 1. The lowest BCUT2D eigenvalue weighted by atomic mass is 10.1. The summed E-state index contributed by atoms with van der Waals surface area (Å²) in [6.07, 6.45) is 0. The Morgan fingerprint density at radius 3 is 2.23 bits per heavy atom. The van der Waals surface area contributed by atoms with E-state index in [0.29, 0.717) is 21.7 Å². The van der Waals surface area contributed by atoms with Gasteiger partial charge in [0.25, 0.3) is 17.7 Å². The van der Waals surface area contributed by atoms with Crippen LogP contribution in [0.3, 0.4) is 0 Å². The molecule has 2 heterocycles. The lowest BCUT2D eigenvalue weighted by molar-refractivity contribution is 0.0925. The molecule has 7 heteroatoms. The Labute approximate surface area is 157 Å². The third-order valence-electron chi connectivity index (χ3n) is 3.99. The first-order chi connectivity index (χ1) is 12.6. The van der Waals surface area contributed by atoms with Crippen LogP contribution in [-0.2, 0) is 0 Å². The molecule has 2 aromatic carbocycles. The quantitative estimate of drug-likeness (QED) is 0.680. The van der Waals surface area contributed by atoms with Gasteiger partial charge in [-0.15, -0.1) is 11.3 Å². The number of anilines is 2. The molecule has 5 nitrogen and oxygen atoms in total. The standard InChI is InChI=1S/C19H11ClN2O3S/c20-14-10-11(21-17(23)16-6-3-9-26-16)7-8-15(14)22-18(24)12-4-1-2-5-13(12)19(22)25/h1-10H,(H,21,23). The van der Waals surface area contributed by atoms with Gasteiger partial charge in [0.1, 0.15) is 0 Å². The first-order valence-electron chi connectivity index (χ1n) is 7.68. The van der Waals surface area contributed by atoms with Crippen LogP contribution in [0.2, 0.25) is 5.02 Å². The first-order valence-corrected chi connectivity index (χ1v) is 8.94. The van der Waals surface area contributed by atoms with Crippen molar-refractivity contribution >= 4 is 52.0 Å². The summed E-state index contributed by atoms with van der Waals surface area (Å²) in [6, 6.07) is 14.8. The van der Waals surface area contributed by atoms with Crippen LogP contribution in [0.15, 0.2) is 60.0 Å². The predicted octanol–water partition coefficient (Wildman–Crippen LogP) is 4.45. The zero-order valence-electron chi connectivity index (χ0n) is 13.2. The van der Waals surface area contributed by atoms with Crippen molar-refractivity contribution < 1.29 is 14.4 Å². The maximum Gasteiger partial charge on any atom is 0.266 e. The van der Waals surface area contributed by atoms with Crippen LogP contribution < -0.4 is 10.2 Å². The Kier molecular flexibility index (Phi) is 4.06. The molecule has 0 saturated carbocycles. The molecule has 0 saturated heterocycles. The Morgan fingerprint density at radius 1 is 0.962 bits per heavy atom. The number of amides is 3. The van der Waals surface area contributed by atoms with E-state index in [1.807, 2.05) is 5.38 Å². The minimum Gasteiger partial charge on any atom is -0.321 e. The van der Waals surface area contributed by atoms with E-state index in [0.717, 1.165) is 4.90 Å². The number of carbonyl (C=O) groups excluding carboxylic acids is 3. The van der Waals surface area contributed by atoms with Crippen molar-refractivity contribution in [3.05, 3.63) is 81.0 Å². The van der Waals surface area contributed by atoms with Crippen LogP contribution in [0.5, 0.6) is 0 Å². The van der Waals surface area contributed by atoms with Crippen LogP contribution in [-0.4, -0.2) is 17.7 Å². The van der Waals surface area contributed by atoms with E-state index in [4.69, 9.17) is 11.6 Å². The van der Waals surface area contributed by atoms with E-state index < -0.39 is 11.8 Å². The first kappa shape index (κ1) is 16.5. The Hall–Kier alpha value is -2.96. The molecule has 26 heavy (non-hydrogen) atoms. The number of fused-ring (bicyclic) bond motifs is 1.